The van der Waals surface area contributed by atoms with Crippen LogP contribution in [0.5, 0.6) is 0 Å². The summed E-state index contributed by atoms with van der Waals surface area (Å²) in [5.74, 6) is -1.00. The highest BCUT2D eigenvalue weighted by Gasteiger charge is 2.16. The van der Waals surface area contributed by atoms with Gasteiger partial charge in [0, 0.05) is 13.1 Å². The fraction of sp³-hybridized carbons (Fsp3) is 0.833. The molecule has 7 nitrogen and oxygen atoms in total. The number of aliphatic hydroxyl groups is 1. The highest BCUT2D eigenvalue weighted by atomic mass is 16.4. The number of carbonyl (C=O) groups excluding carboxylic acids is 1. The molecule has 1 saturated heterocycles. The lowest BCUT2D eigenvalue weighted by atomic mass is 10.1. The molecule has 7 heteroatoms. The predicted octanol–water partition coefficient (Wildman–Crippen LogP) is -0.537. The number of carboxylic acids is 1. The van der Waals surface area contributed by atoms with Gasteiger partial charge in [-0.1, -0.05) is 6.92 Å². The Bertz CT molecular complexity index is 305. The van der Waals surface area contributed by atoms with Crippen LogP contribution in [0.1, 0.15) is 19.8 Å². The highest BCUT2D eigenvalue weighted by Crippen LogP contribution is 2.09. The smallest absolute Gasteiger partial charge is 0.334 e. The van der Waals surface area contributed by atoms with Gasteiger partial charge in [-0.05, 0) is 31.8 Å². The third kappa shape index (κ3) is 6.40. The number of hydrogen-bond donors (Lipinski definition) is 4. The molecule has 110 valence electrons. The van der Waals surface area contributed by atoms with Crippen LogP contribution in [0.2, 0.25) is 0 Å². The Balaban J connectivity index is 2.09. The number of aliphatic hydroxyl groups excluding tert-OH is 1. The van der Waals surface area contributed by atoms with Crippen LogP contribution in [-0.4, -0.2) is 65.9 Å². The van der Waals surface area contributed by atoms with Crippen molar-refractivity contribution in [2.24, 2.45) is 5.92 Å². The quantitative estimate of drug-likeness (QED) is 0.499. The van der Waals surface area contributed by atoms with E-state index in [1.165, 1.54) is 12.8 Å². The zero-order valence-electron chi connectivity index (χ0n) is 11.3. The van der Waals surface area contributed by atoms with Crippen molar-refractivity contribution in [3.8, 4) is 0 Å². The Labute approximate surface area is 113 Å². The van der Waals surface area contributed by atoms with Crippen molar-refractivity contribution >= 4 is 12.0 Å². The van der Waals surface area contributed by atoms with E-state index < -0.39 is 18.1 Å². The molecule has 1 fully saturated rings. The number of carboxylic acid groups (broad SMARTS) is 1. The zero-order chi connectivity index (χ0) is 14.3. The molecule has 0 spiro atoms. The van der Waals surface area contributed by atoms with Gasteiger partial charge >= 0.3 is 12.0 Å². The third-order valence-electron chi connectivity index (χ3n) is 3.12. The number of aliphatic carboxylic acids is 1. The van der Waals surface area contributed by atoms with Crippen LogP contribution in [0.15, 0.2) is 0 Å². The number of urea groups is 1. The summed E-state index contributed by atoms with van der Waals surface area (Å²) in [5, 5.41) is 22.4. The lowest BCUT2D eigenvalue weighted by Gasteiger charge is -2.20. The van der Waals surface area contributed by atoms with Crippen molar-refractivity contribution in [1.82, 2.24) is 15.5 Å². The SMILES string of the molecule is CC(CNC(=O)NCC(O)C(=O)O)CN1CCCC1. The lowest BCUT2D eigenvalue weighted by molar-refractivity contribution is -0.146. The Morgan fingerprint density at radius 3 is 2.37 bits per heavy atom. The molecular formula is C12H23N3O4. The van der Waals surface area contributed by atoms with Crippen molar-refractivity contribution in [1.29, 1.82) is 0 Å². The maximum atomic E-state index is 11.4. The van der Waals surface area contributed by atoms with E-state index in [9.17, 15) is 9.59 Å². The van der Waals surface area contributed by atoms with Crippen LogP contribution in [0, 0.1) is 5.92 Å². The number of amides is 2. The number of likely N-dealkylation sites (tertiary alicyclic amines) is 1. The standard InChI is InChI=1S/C12H23N3O4/c1-9(8-15-4-2-3-5-15)6-13-12(19)14-7-10(16)11(17)18/h9-10,16H,2-8H2,1H3,(H,17,18)(H2,13,14,19). The number of hydrogen-bond acceptors (Lipinski definition) is 4. The van der Waals surface area contributed by atoms with Gasteiger partial charge in [0.1, 0.15) is 0 Å². The second kappa shape index (κ2) is 7.96. The minimum absolute atomic E-state index is 0.290. The van der Waals surface area contributed by atoms with Crippen LogP contribution in [0.3, 0.4) is 0 Å². The Morgan fingerprint density at radius 1 is 1.21 bits per heavy atom. The minimum Gasteiger partial charge on any atom is -0.479 e. The van der Waals surface area contributed by atoms with Crippen molar-refractivity contribution in [3.63, 3.8) is 0 Å². The van der Waals surface area contributed by atoms with Gasteiger partial charge < -0.3 is 25.7 Å². The molecule has 0 aromatic heterocycles. The molecule has 1 rings (SSSR count). The molecular weight excluding hydrogens is 250 g/mol. The summed E-state index contributed by atoms with van der Waals surface area (Å²) in [4.78, 5) is 24.1. The van der Waals surface area contributed by atoms with Gasteiger partial charge in [0.25, 0.3) is 0 Å². The topological polar surface area (TPSA) is 102 Å². The minimum atomic E-state index is -1.56. The van der Waals surface area contributed by atoms with E-state index >= 15 is 0 Å². The van der Waals surface area contributed by atoms with Crippen molar-refractivity contribution in [3.05, 3.63) is 0 Å². The molecule has 0 aromatic carbocycles. The first-order chi connectivity index (χ1) is 8.99. The first-order valence-electron chi connectivity index (χ1n) is 6.64. The van der Waals surface area contributed by atoms with Crippen molar-refractivity contribution in [2.45, 2.75) is 25.9 Å². The zero-order valence-corrected chi connectivity index (χ0v) is 11.3. The van der Waals surface area contributed by atoms with Gasteiger partial charge in [0.2, 0.25) is 0 Å². The fourth-order valence-electron chi connectivity index (χ4n) is 2.08. The van der Waals surface area contributed by atoms with E-state index in [-0.39, 0.29) is 6.54 Å². The van der Waals surface area contributed by atoms with Gasteiger partial charge in [-0.15, -0.1) is 0 Å². The summed E-state index contributed by atoms with van der Waals surface area (Å²) in [5.41, 5.74) is 0. The molecule has 1 heterocycles. The van der Waals surface area contributed by atoms with Gasteiger partial charge in [0.05, 0.1) is 6.54 Å². The van der Waals surface area contributed by atoms with Crippen LogP contribution in [0.4, 0.5) is 4.79 Å². The molecule has 2 amide bonds. The largest absolute Gasteiger partial charge is 0.479 e. The van der Waals surface area contributed by atoms with Crippen LogP contribution >= 0.6 is 0 Å². The summed E-state index contributed by atoms with van der Waals surface area (Å²) in [7, 11) is 0. The third-order valence-corrected chi connectivity index (χ3v) is 3.12. The summed E-state index contributed by atoms with van der Waals surface area (Å²) < 4.78 is 0. The van der Waals surface area contributed by atoms with Gasteiger partial charge in [0.15, 0.2) is 6.10 Å². The number of nitrogens with zero attached hydrogens (tertiary/aromatic N) is 1. The highest BCUT2D eigenvalue weighted by molar-refractivity contribution is 5.76. The molecule has 0 aromatic rings. The summed E-state index contributed by atoms with van der Waals surface area (Å²) in [6, 6.07) is -0.450. The molecule has 2 atom stereocenters. The number of carbonyl (C=O) groups is 2. The molecule has 2 unspecified atom stereocenters. The monoisotopic (exact) mass is 273 g/mol. The van der Waals surface area contributed by atoms with Crippen LogP contribution in [0.25, 0.3) is 0 Å². The number of rotatable bonds is 7. The normalized spacial score (nSPS) is 18.8. The Hall–Kier alpha value is -1.34. The van der Waals surface area contributed by atoms with Crippen molar-refractivity contribution < 1.29 is 19.8 Å². The molecule has 0 radical (unpaired) electrons. The van der Waals surface area contributed by atoms with Crippen LogP contribution in [-0.2, 0) is 4.79 Å². The summed E-state index contributed by atoms with van der Waals surface area (Å²) in [6.45, 7) is 5.51. The predicted molar refractivity (Wildman–Crippen MR) is 69.9 cm³/mol. The maximum Gasteiger partial charge on any atom is 0.334 e. The molecule has 1 aliphatic rings. The average Bonchev–Trinajstić information content (AvgIpc) is 2.85. The molecule has 0 saturated carbocycles. The fourth-order valence-corrected chi connectivity index (χ4v) is 2.08. The van der Waals surface area contributed by atoms with Gasteiger partial charge in [-0.2, -0.15) is 0 Å². The van der Waals surface area contributed by atoms with E-state index in [1.807, 2.05) is 0 Å². The van der Waals surface area contributed by atoms with Crippen molar-refractivity contribution in [2.75, 3.05) is 32.7 Å². The average molecular weight is 273 g/mol. The molecule has 0 aliphatic carbocycles. The van der Waals surface area contributed by atoms with E-state index in [0.717, 1.165) is 19.6 Å². The summed E-state index contributed by atoms with van der Waals surface area (Å²) >= 11 is 0. The molecule has 19 heavy (non-hydrogen) atoms. The second-order valence-corrected chi connectivity index (χ2v) is 5.06. The van der Waals surface area contributed by atoms with E-state index in [0.29, 0.717) is 12.5 Å². The lowest BCUT2D eigenvalue weighted by Crippen LogP contribution is -2.44. The molecule has 1 aliphatic heterocycles. The van der Waals surface area contributed by atoms with E-state index in [1.54, 1.807) is 0 Å². The molecule has 0 bridgehead atoms. The van der Waals surface area contributed by atoms with Crippen LogP contribution < -0.4 is 10.6 Å². The van der Waals surface area contributed by atoms with Gasteiger partial charge in [-0.25, -0.2) is 9.59 Å². The Morgan fingerprint density at radius 2 is 1.79 bits per heavy atom. The summed E-state index contributed by atoms with van der Waals surface area (Å²) in [6.07, 6.45) is 0.925. The van der Waals surface area contributed by atoms with E-state index in [2.05, 4.69) is 22.5 Å². The number of nitrogens with one attached hydrogen (secondary N) is 2. The van der Waals surface area contributed by atoms with E-state index in [4.69, 9.17) is 10.2 Å². The first kappa shape index (κ1) is 15.7. The first-order valence-corrected chi connectivity index (χ1v) is 6.64. The second-order valence-electron chi connectivity index (χ2n) is 5.06. The Kier molecular flexibility index (Phi) is 6.58. The molecule has 4 N–H and O–H groups in total. The maximum absolute atomic E-state index is 11.4. The van der Waals surface area contributed by atoms with Gasteiger partial charge in [-0.3, -0.25) is 0 Å².